The van der Waals surface area contributed by atoms with Crippen molar-refractivity contribution in [1.29, 1.82) is 0 Å². The molecule has 1 amide bonds. The van der Waals surface area contributed by atoms with Crippen LogP contribution in [0.4, 0.5) is 11.4 Å². The molecule has 0 saturated carbocycles. The van der Waals surface area contributed by atoms with Crippen LogP contribution in [0.3, 0.4) is 0 Å². The minimum atomic E-state index is -1.33. The predicted molar refractivity (Wildman–Crippen MR) is 108 cm³/mol. The quantitative estimate of drug-likeness (QED) is 0.380. The number of hydrogen-bond donors (Lipinski definition) is 3. The third kappa shape index (κ3) is 5.21. The third-order valence-electron chi connectivity index (χ3n) is 4.08. The Morgan fingerprint density at radius 1 is 0.774 bits per heavy atom. The minimum absolute atomic E-state index is 0.0218. The van der Waals surface area contributed by atoms with Gasteiger partial charge in [0.15, 0.2) is 0 Å². The highest BCUT2D eigenvalue weighted by Crippen LogP contribution is 2.24. The highest BCUT2D eigenvalue weighted by Gasteiger charge is 2.14. The molecule has 3 aromatic carbocycles. The van der Waals surface area contributed by atoms with Crippen LogP contribution in [0.2, 0.25) is 0 Å². The molecule has 3 aromatic rings. The summed E-state index contributed by atoms with van der Waals surface area (Å²) in [5.74, 6) is -2.49. The fourth-order valence-electron chi connectivity index (χ4n) is 2.60. The van der Waals surface area contributed by atoms with E-state index in [1.807, 2.05) is 0 Å². The molecule has 10 nitrogen and oxygen atoms in total. The topological polar surface area (TPSA) is 156 Å². The van der Waals surface area contributed by atoms with E-state index < -0.39 is 22.8 Å². The Bertz CT molecular complexity index is 1140. The van der Waals surface area contributed by atoms with Crippen LogP contribution in [0.1, 0.15) is 31.1 Å². The average Bonchev–Trinajstić information content (AvgIpc) is 2.74. The number of rotatable bonds is 7. The summed E-state index contributed by atoms with van der Waals surface area (Å²) in [4.78, 5) is 44.9. The molecule has 0 radical (unpaired) electrons. The lowest BCUT2D eigenvalue weighted by Crippen LogP contribution is -2.13. The molecule has 0 aliphatic rings. The van der Waals surface area contributed by atoms with Crippen LogP contribution >= 0.6 is 0 Å². The molecule has 0 spiro atoms. The van der Waals surface area contributed by atoms with E-state index in [9.17, 15) is 24.5 Å². The number of carboxylic acid groups (broad SMARTS) is 2. The number of nitrogens with zero attached hydrogens (tertiary/aromatic N) is 1. The summed E-state index contributed by atoms with van der Waals surface area (Å²) in [5.41, 5.74) is -0.386. The molecular formula is C21H14N2O8. The second-order valence-corrected chi connectivity index (χ2v) is 6.24. The van der Waals surface area contributed by atoms with Gasteiger partial charge in [-0.05, 0) is 54.6 Å². The maximum absolute atomic E-state index is 12.4. The summed E-state index contributed by atoms with van der Waals surface area (Å²) in [5, 5.41) is 31.4. The van der Waals surface area contributed by atoms with E-state index in [2.05, 4.69) is 5.32 Å². The molecule has 0 atom stereocenters. The van der Waals surface area contributed by atoms with Gasteiger partial charge in [0.1, 0.15) is 11.5 Å². The van der Waals surface area contributed by atoms with Crippen molar-refractivity contribution in [3.63, 3.8) is 0 Å². The Kier molecular flexibility index (Phi) is 5.92. The number of nitrogens with one attached hydrogen (secondary N) is 1. The summed E-state index contributed by atoms with van der Waals surface area (Å²) in [7, 11) is 0. The van der Waals surface area contributed by atoms with Crippen LogP contribution in [0.5, 0.6) is 11.5 Å². The van der Waals surface area contributed by atoms with E-state index in [4.69, 9.17) is 14.9 Å². The van der Waals surface area contributed by atoms with Crippen molar-refractivity contribution in [3.05, 3.63) is 93.5 Å². The van der Waals surface area contributed by atoms with Crippen LogP contribution in [-0.2, 0) is 0 Å². The number of aromatic carboxylic acids is 2. The highest BCUT2D eigenvalue weighted by atomic mass is 16.6. The lowest BCUT2D eigenvalue weighted by Gasteiger charge is -2.09. The number of benzene rings is 3. The smallest absolute Gasteiger partial charge is 0.335 e. The molecule has 0 fully saturated rings. The first-order chi connectivity index (χ1) is 14.7. The summed E-state index contributed by atoms with van der Waals surface area (Å²) in [6, 6.07) is 14.7. The van der Waals surface area contributed by atoms with E-state index >= 15 is 0 Å². The SMILES string of the molecule is O=C(O)c1cc(NC(=O)c2ccc(Oc3ccc([N+](=O)[O-])cc3)cc2)cc(C(=O)O)c1. The normalized spacial score (nSPS) is 10.2. The van der Waals surface area contributed by atoms with E-state index in [0.29, 0.717) is 11.5 Å². The maximum Gasteiger partial charge on any atom is 0.335 e. The molecule has 0 aromatic heterocycles. The zero-order valence-electron chi connectivity index (χ0n) is 15.6. The number of hydrogen-bond acceptors (Lipinski definition) is 6. The number of carboxylic acids is 2. The van der Waals surface area contributed by atoms with Crippen LogP contribution in [-0.4, -0.2) is 33.0 Å². The van der Waals surface area contributed by atoms with E-state index in [1.165, 1.54) is 48.5 Å². The van der Waals surface area contributed by atoms with Crippen LogP contribution < -0.4 is 10.1 Å². The van der Waals surface area contributed by atoms with Gasteiger partial charge in [-0.15, -0.1) is 0 Å². The van der Waals surface area contributed by atoms with Gasteiger partial charge < -0.3 is 20.3 Å². The molecule has 0 bridgehead atoms. The zero-order valence-corrected chi connectivity index (χ0v) is 15.6. The number of non-ortho nitro benzene ring substituents is 1. The van der Waals surface area contributed by atoms with Gasteiger partial charge in [-0.2, -0.15) is 0 Å². The van der Waals surface area contributed by atoms with Crippen molar-refractivity contribution < 1.29 is 34.3 Å². The monoisotopic (exact) mass is 422 g/mol. The number of amides is 1. The van der Waals surface area contributed by atoms with Gasteiger partial charge in [-0.25, -0.2) is 9.59 Å². The Hall–Kier alpha value is -4.73. The standard InChI is InChI=1S/C21H14N2O8/c24-19(22-15-10-13(20(25)26)9-14(11-15)21(27)28)12-1-5-17(6-2-12)31-18-7-3-16(4-8-18)23(29)30/h1-11H,(H,22,24)(H,25,26)(H,27,28). The molecule has 3 N–H and O–H groups in total. The van der Waals surface area contributed by atoms with E-state index in [-0.39, 0.29) is 28.1 Å². The number of nitro benzene ring substituents is 1. The van der Waals surface area contributed by atoms with Gasteiger partial charge in [-0.3, -0.25) is 14.9 Å². The summed E-state index contributed by atoms with van der Waals surface area (Å²) in [6.45, 7) is 0. The van der Waals surface area contributed by atoms with Crippen molar-refractivity contribution in [1.82, 2.24) is 0 Å². The summed E-state index contributed by atoms with van der Waals surface area (Å²) < 4.78 is 5.57. The van der Waals surface area contributed by atoms with Crippen molar-refractivity contribution >= 4 is 29.2 Å². The largest absolute Gasteiger partial charge is 0.478 e. The lowest BCUT2D eigenvalue weighted by molar-refractivity contribution is -0.384. The number of carbonyl (C=O) groups is 3. The number of carbonyl (C=O) groups excluding carboxylic acids is 1. The Morgan fingerprint density at radius 2 is 1.26 bits per heavy atom. The van der Waals surface area contributed by atoms with Crippen molar-refractivity contribution in [2.45, 2.75) is 0 Å². The summed E-state index contributed by atoms with van der Waals surface area (Å²) in [6.07, 6.45) is 0. The van der Waals surface area contributed by atoms with E-state index in [1.54, 1.807) is 0 Å². The first kappa shape index (κ1) is 21.0. The fraction of sp³-hybridized carbons (Fsp3) is 0. The fourth-order valence-corrected chi connectivity index (χ4v) is 2.60. The Labute approximate surface area is 174 Å². The Balaban J connectivity index is 1.72. The molecule has 3 rings (SSSR count). The number of ether oxygens (including phenoxy) is 1. The first-order valence-corrected chi connectivity index (χ1v) is 8.68. The van der Waals surface area contributed by atoms with Crippen molar-refractivity contribution in [3.8, 4) is 11.5 Å². The van der Waals surface area contributed by atoms with Crippen LogP contribution in [0.15, 0.2) is 66.7 Å². The summed E-state index contributed by atoms with van der Waals surface area (Å²) >= 11 is 0. The molecule has 10 heteroatoms. The second kappa shape index (κ2) is 8.74. The molecule has 156 valence electrons. The van der Waals surface area contributed by atoms with Crippen LogP contribution in [0.25, 0.3) is 0 Å². The highest BCUT2D eigenvalue weighted by molar-refractivity contribution is 6.05. The van der Waals surface area contributed by atoms with Crippen molar-refractivity contribution in [2.75, 3.05) is 5.32 Å². The van der Waals surface area contributed by atoms with Gasteiger partial charge in [0.2, 0.25) is 0 Å². The Morgan fingerprint density at radius 3 is 1.71 bits per heavy atom. The molecule has 0 saturated heterocycles. The van der Waals surface area contributed by atoms with Gasteiger partial charge in [-0.1, -0.05) is 0 Å². The van der Waals surface area contributed by atoms with Gasteiger partial charge in [0, 0.05) is 23.4 Å². The number of nitro groups is 1. The third-order valence-corrected chi connectivity index (χ3v) is 4.08. The molecular weight excluding hydrogens is 408 g/mol. The number of anilines is 1. The first-order valence-electron chi connectivity index (χ1n) is 8.68. The van der Waals surface area contributed by atoms with E-state index in [0.717, 1.165) is 18.2 Å². The molecule has 0 unspecified atom stereocenters. The van der Waals surface area contributed by atoms with Crippen LogP contribution in [0, 0.1) is 10.1 Å². The minimum Gasteiger partial charge on any atom is -0.478 e. The van der Waals surface area contributed by atoms with Gasteiger partial charge in [0.25, 0.3) is 11.6 Å². The maximum atomic E-state index is 12.4. The second-order valence-electron chi connectivity index (χ2n) is 6.24. The molecule has 0 aliphatic heterocycles. The zero-order chi connectivity index (χ0) is 22.5. The molecule has 0 heterocycles. The van der Waals surface area contributed by atoms with Crippen molar-refractivity contribution in [2.24, 2.45) is 0 Å². The molecule has 31 heavy (non-hydrogen) atoms. The molecule has 0 aliphatic carbocycles. The van der Waals surface area contributed by atoms with Gasteiger partial charge in [0.05, 0.1) is 16.1 Å². The van der Waals surface area contributed by atoms with Gasteiger partial charge >= 0.3 is 11.9 Å². The average molecular weight is 422 g/mol. The lowest BCUT2D eigenvalue weighted by atomic mass is 10.1. The predicted octanol–water partition coefficient (Wildman–Crippen LogP) is 4.04.